The van der Waals surface area contributed by atoms with Crippen molar-refractivity contribution in [2.75, 3.05) is 27.2 Å². The Balaban J connectivity index is 1.89. The molecule has 1 saturated heterocycles. The highest BCUT2D eigenvalue weighted by Gasteiger charge is 2.49. The highest BCUT2D eigenvalue weighted by atomic mass is 19.1. The van der Waals surface area contributed by atoms with Crippen molar-refractivity contribution in [3.05, 3.63) is 89.4 Å². The molecule has 212 valence electrons. The minimum atomic E-state index is -0.798. The fourth-order valence-electron chi connectivity index (χ4n) is 5.45. The van der Waals surface area contributed by atoms with Crippen LogP contribution in [0.15, 0.2) is 78.3 Å². The van der Waals surface area contributed by atoms with E-state index in [1.807, 2.05) is 81.1 Å². The molecule has 0 saturated carbocycles. The van der Waals surface area contributed by atoms with Crippen LogP contribution in [0, 0.1) is 0 Å². The summed E-state index contributed by atoms with van der Waals surface area (Å²) in [6, 6.07) is 18.4. The standard InChI is InChI=1S/C33H46FN3O2/c1-9-29(22-26(4)34)35(7)33(31(38)36(8)32(5,6)28-15-11-10-12-16-28)18-20-37(21-19-33)24-27-14-13-17-30(23-27)39-25(2)3/h9-17,22-23,25H,18-21,24H2,1-8H3/b26-22+,29-9+. The topological polar surface area (TPSA) is 36.0 Å². The zero-order valence-corrected chi connectivity index (χ0v) is 25.0. The van der Waals surface area contributed by atoms with Crippen molar-refractivity contribution in [2.45, 2.75) is 78.1 Å². The SMILES string of the molecule is C/C=C(\C=C(/C)F)N(C)C1(C(=O)N(C)C(C)(C)c2ccccc2)CCN(Cc2cccc(OC(C)C)c2)CC1. The van der Waals surface area contributed by atoms with Gasteiger partial charge in [-0.25, -0.2) is 4.39 Å². The predicted octanol–water partition coefficient (Wildman–Crippen LogP) is 6.91. The van der Waals surface area contributed by atoms with E-state index < -0.39 is 11.1 Å². The second-order valence-corrected chi connectivity index (χ2v) is 11.4. The maximum Gasteiger partial charge on any atom is 0.248 e. The van der Waals surface area contributed by atoms with E-state index in [1.54, 1.807) is 0 Å². The third-order valence-corrected chi connectivity index (χ3v) is 8.05. The number of carbonyl (C=O) groups is 1. The molecule has 5 nitrogen and oxygen atoms in total. The molecule has 0 bridgehead atoms. The molecule has 39 heavy (non-hydrogen) atoms. The molecular formula is C33H46FN3O2. The van der Waals surface area contributed by atoms with Gasteiger partial charge < -0.3 is 14.5 Å². The quantitative estimate of drug-likeness (QED) is 0.310. The minimum absolute atomic E-state index is 0.0510. The van der Waals surface area contributed by atoms with E-state index in [-0.39, 0.29) is 17.8 Å². The first-order valence-electron chi connectivity index (χ1n) is 14.0. The fraction of sp³-hybridized carbons (Fsp3) is 0.485. The van der Waals surface area contributed by atoms with Crippen molar-refractivity contribution < 1.29 is 13.9 Å². The van der Waals surface area contributed by atoms with Gasteiger partial charge in [-0.2, -0.15) is 0 Å². The highest BCUT2D eigenvalue weighted by Crippen LogP contribution is 2.37. The number of benzene rings is 2. The summed E-state index contributed by atoms with van der Waals surface area (Å²) in [5.74, 6) is 0.645. The van der Waals surface area contributed by atoms with Crippen molar-refractivity contribution in [1.82, 2.24) is 14.7 Å². The number of likely N-dealkylation sites (N-methyl/N-ethyl adjacent to an activating group) is 2. The number of hydrogen-bond acceptors (Lipinski definition) is 4. The predicted molar refractivity (Wildman–Crippen MR) is 158 cm³/mol. The van der Waals surface area contributed by atoms with Crippen LogP contribution in [-0.2, 0) is 16.9 Å². The lowest BCUT2D eigenvalue weighted by atomic mass is 9.81. The lowest BCUT2D eigenvalue weighted by Gasteiger charge is -2.51. The average Bonchev–Trinajstić information content (AvgIpc) is 2.91. The third-order valence-electron chi connectivity index (χ3n) is 8.05. The Morgan fingerprint density at radius 2 is 1.74 bits per heavy atom. The molecule has 2 aromatic carbocycles. The highest BCUT2D eigenvalue weighted by molar-refractivity contribution is 5.87. The van der Waals surface area contributed by atoms with Gasteiger partial charge in [0.2, 0.25) is 5.91 Å². The number of carbonyl (C=O) groups excluding carboxylic acids is 1. The number of nitrogens with zero attached hydrogens (tertiary/aromatic N) is 3. The van der Waals surface area contributed by atoms with Gasteiger partial charge in [0.1, 0.15) is 11.3 Å². The summed E-state index contributed by atoms with van der Waals surface area (Å²) < 4.78 is 19.9. The number of rotatable bonds is 10. The van der Waals surface area contributed by atoms with Crippen molar-refractivity contribution >= 4 is 5.91 Å². The van der Waals surface area contributed by atoms with Gasteiger partial charge >= 0.3 is 0 Å². The van der Waals surface area contributed by atoms with E-state index in [4.69, 9.17) is 4.74 Å². The van der Waals surface area contributed by atoms with Gasteiger partial charge in [-0.3, -0.25) is 9.69 Å². The minimum Gasteiger partial charge on any atom is -0.491 e. The zero-order chi connectivity index (χ0) is 28.8. The van der Waals surface area contributed by atoms with E-state index in [0.29, 0.717) is 18.5 Å². The van der Waals surface area contributed by atoms with E-state index in [2.05, 4.69) is 43.0 Å². The molecule has 0 radical (unpaired) electrons. The monoisotopic (exact) mass is 535 g/mol. The van der Waals surface area contributed by atoms with Crippen molar-refractivity contribution in [3.63, 3.8) is 0 Å². The second-order valence-electron chi connectivity index (χ2n) is 11.4. The number of amides is 1. The van der Waals surface area contributed by atoms with Gasteiger partial charge in [0, 0.05) is 39.4 Å². The van der Waals surface area contributed by atoms with Crippen LogP contribution in [0.1, 0.15) is 65.5 Å². The normalized spacial score (nSPS) is 16.8. The van der Waals surface area contributed by atoms with Gasteiger partial charge in [0.15, 0.2) is 0 Å². The Bertz CT molecular complexity index is 1160. The molecule has 0 atom stereocenters. The third kappa shape index (κ3) is 7.10. The van der Waals surface area contributed by atoms with Gasteiger partial charge in [0.25, 0.3) is 0 Å². The van der Waals surface area contributed by atoms with Gasteiger partial charge in [-0.1, -0.05) is 48.5 Å². The van der Waals surface area contributed by atoms with E-state index in [9.17, 15) is 9.18 Å². The maximum absolute atomic E-state index is 14.5. The van der Waals surface area contributed by atoms with E-state index >= 15 is 0 Å². The van der Waals surface area contributed by atoms with Crippen molar-refractivity contribution in [1.29, 1.82) is 0 Å². The molecule has 0 aliphatic carbocycles. The molecule has 0 N–H and O–H groups in total. The number of likely N-dealkylation sites (tertiary alicyclic amines) is 1. The van der Waals surface area contributed by atoms with Gasteiger partial charge in [-0.15, -0.1) is 0 Å². The zero-order valence-electron chi connectivity index (χ0n) is 25.0. The Labute approximate surface area is 234 Å². The maximum atomic E-state index is 14.5. The molecule has 0 spiro atoms. The average molecular weight is 536 g/mol. The molecule has 1 amide bonds. The van der Waals surface area contributed by atoms with Crippen LogP contribution in [0.4, 0.5) is 4.39 Å². The lowest BCUT2D eigenvalue weighted by Crippen LogP contribution is -2.64. The van der Waals surface area contributed by atoms with Crippen LogP contribution >= 0.6 is 0 Å². The first-order valence-corrected chi connectivity index (χ1v) is 14.0. The summed E-state index contributed by atoms with van der Waals surface area (Å²) in [5, 5.41) is 0. The fourth-order valence-corrected chi connectivity index (χ4v) is 5.45. The summed E-state index contributed by atoms with van der Waals surface area (Å²) in [5.41, 5.74) is 1.66. The Morgan fingerprint density at radius 3 is 2.31 bits per heavy atom. The molecular weight excluding hydrogens is 489 g/mol. The number of hydrogen-bond donors (Lipinski definition) is 0. The molecule has 1 heterocycles. The second kappa shape index (κ2) is 12.8. The number of ether oxygens (including phenoxy) is 1. The molecule has 6 heteroatoms. The van der Waals surface area contributed by atoms with Crippen LogP contribution in [0.25, 0.3) is 0 Å². The Hall–Kier alpha value is -3.12. The molecule has 1 aliphatic rings. The van der Waals surface area contributed by atoms with E-state index in [0.717, 1.165) is 30.9 Å². The lowest BCUT2D eigenvalue weighted by molar-refractivity contribution is -0.150. The van der Waals surface area contributed by atoms with Crippen LogP contribution in [-0.4, -0.2) is 59.4 Å². The van der Waals surface area contributed by atoms with Crippen molar-refractivity contribution in [3.8, 4) is 5.75 Å². The smallest absolute Gasteiger partial charge is 0.248 e. The summed E-state index contributed by atoms with van der Waals surface area (Å²) >= 11 is 0. The first kappa shape index (κ1) is 30.4. The van der Waals surface area contributed by atoms with Gasteiger partial charge in [-0.05, 0) is 83.7 Å². The molecule has 0 aromatic heterocycles. The summed E-state index contributed by atoms with van der Waals surface area (Å²) in [7, 11) is 3.82. The number of halogens is 1. The molecule has 3 rings (SSSR count). The Kier molecular flexibility index (Phi) is 10.0. The van der Waals surface area contributed by atoms with Crippen LogP contribution in [0.3, 0.4) is 0 Å². The number of piperidine rings is 1. The van der Waals surface area contributed by atoms with Crippen molar-refractivity contribution in [2.24, 2.45) is 0 Å². The first-order chi connectivity index (χ1) is 18.4. The summed E-state index contributed by atoms with van der Waals surface area (Å²) in [6.45, 7) is 13.8. The number of allylic oxidation sites excluding steroid dienone is 3. The van der Waals surface area contributed by atoms with Gasteiger partial charge in [0.05, 0.1) is 17.5 Å². The summed E-state index contributed by atoms with van der Waals surface area (Å²) in [4.78, 5) is 20.8. The summed E-state index contributed by atoms with van der Waals surface area (Å²) in [6.07, 6.45) is 4.79. The molecule has 1 fully saturated rings. The van der Waals surface area contributed by atoms with E-state index in [1.165, 1.54) is 18.6 Å². The molecule has 0 unspecified atom stereocenters. The largest absolute Gasteiger partial charge is 0.491 e. The van der Waals surface area contributed by atoms with Crippen LogP contribution in [0.2, 0.25) is 0 Å². The molecule has 2 aromatic rings. The Morgan fingerprint density at radius 1 is 1.10 bits per heavy atom. The van der Waals surface area contributed by atoms with Crippen LogP contribution in [0.5, 0.6) is 5.75 Å². The molecule has 1 aliphatic heterocycles. The van der Waals surface area contributed by atoms with Crippen LogP contribution < -0.4 is 4.74 Å².